The zero-order chi connectivity index (χ0) is 19.4. The first-order chi connectivity index (χ1) is 13.8. The summed E-state index contributed by atoms with van der Waals surface area (Å²) in [4.78, 5) is 16.1. The number of aromatic nitrogens is 3. The molecular formula is C19H35N7O2. The molecule has 3 rings (SSSR count). The van der Waals surface area contributed by atoms with Gasteiger partial charge in [0.2, 0.25) is 17.8 Å². The first kappa shape index (κ1) is 21.0. The SMILES string of the molecule is NCCOCCOCCNc1nc(NC2CCCCC2)nc(N2CCCC2)n1. The summed E-state index contributed by atoms with van der Waals surface area (Å²) in [7, 11) is 0. The Morgan fingerprint density at radius 1 is 0.857 bits per heavy atom. The van der Waals surface area contributed by atoms with Crippen LogP contribution < -0.4 is 21.3 Å². The van der Waals surface area contributed by atoms with Crippen LogP contribution >= 0.6 is 0 Å². The lowest BCUT2D eigenvalue weighted by Crippen LogP contribution is -2.26. The molecule has 1 aliphatic carbocycles. The Balaban J connectivity index is 1.51. The van der Waals surface area contributed by atoms with E-state index in [0.29, 0.717) is 57.5 Å². The van der Waals surface area contributed by atoms with Crippen molar-refractivity contribution in [3.63, 3.8) is 0 Å². The van der Waals surface area contributed by atoms with Crippen LogP contribution in [0.5, 0.6) is 0 Å². The van der Waals surface area contributed by atoms with Gasteiger partial charge in [-0.2, -0.15) is 15.0 Å². The third-order valence-corrected chi connectivity index (χ3v) is 5.11. The molecule has 1 saturated heterocycles. The molecule has 0 unspecified atom stereocenters. The maximum atomic E-state index is 5.56. The molecule has 0 amide bonds. The van der Waals surface area contributed by atoms with E-state index in [0.717, 1.165) is 19.0 Å². The van der Waals surface area contributed by atoms with E-state index in [4.69, 9.17) is 20.2 Å². The number of anilines is 3. The minimum Gasteiger partial charge on any atom is -0.378 e. The van der Waals surface area contributed by atoms with Crippen molar-refractivity contribution in [2.75, 3.05) is 68.1 Å². The number of ether oxygens (including phenoxy) is 2. The van der Waals surface area contributed by atoms with Gasteiger partial charge >= 0.3 is 0 Å². The van der Waals surface area contributed by atoms with E-state index >= 15 is 0 Å². The molecule has 0 aromatic carbocycles. The Hall–Kier alpha value is -1.71. The highest BCUT2D eigenvalue weighted by atomic mass is 16.5. The van der Waals surface area contributed by atoms with Crippen LogP contribution in [-0.4, -0.2) is 73.6 Å². The van der Waals surface area contributed by atoms with Crippen molar-refractivity contribution in [1.29, 1.82) is 0 Å². The second kappa shape index (κ2) is 12.0. The molecule has 2 fully saturated rings. The third-order valence-electron chi connectivity index (χ3n) is 5.11. The van der Waals surface area contributed by atoms with Gasteiger partial charge in [-0.25, -0.2) is 0 Å². The van der Waals surface area contributed by atoms with Crippen LogP contribution in [0.2, 0.25) is 0 Å². The molecule has 9 heteroatoms. The monoisotopic (exact) mass is 393 g/mol. The minimum atomic E-state index is 0.465. The quantitative estimate of drug-likeness (QED) is 0.456. The van der Waals surface area contributed by atoms with Gasteiger partial charge in [0.25, 0.3) is 0 Å². The van der Waals surface area contributed by atoms with Crippen LogP contribution in [0.15, 0.2) is 0 Å². The fourth-order valence-corrected chi connectivity index (χ4v) is 3.64. The van der Waals surface area contributed by atoms with Crippen molar-refractivity contribution in [2.45, 2.75) is 51.0 Å². The standard InChI is InChI=1S/C19H35N7O2/c20-8-12-27-14-15-28-13-9-21-17-23-18(22-16-6-2-1-3-7-16)25-19(24-17)26-10-4-5-11-26/h16H,1-15,20H2,(H2,21,22,23,24,25). The van der Waals surface area contributed by atoms with Crippen LogP contribution in [0.25, 0.3) is 0 Å². The molecule has 1 aromatic rings. The molecule has 0 radical (unpaired) electrons. The van der Waals surface area contributed by atoms with Crippen molar-refractivity contribution in [2.24, 2.45) is 5.73 Å². The maximum absolute atomic E-state index is 5.56. The highest BCUT2D eigenvalue weighted by molar-refractivity contribution is 5.44. The van der Waals surface area contributed by atoms with Crippen LogP contribution in [0, 0.1) is 0 Å². The molecule has 1 aromatic heterocycles. The third kappa shape index (κ3) is 7.03. The molecule has 0 spiro atoms. The number of nitrogens with one attached hydrogen (secondary N) is 2. The van der Waals surface area contributed by atoms with Crippen molar-refractivity contribution in [1.82, 2.24) is 15.0 Å². The maximum Gasteiger partial charge on any atom is 0.231 e. The van der Waals surface area contributed by atoms with Gasteiger partial charge in [0, 0.05) is 32.2 Å². The molecule has 4 N–H and O–H groups in total. The summed E-state index contributed by atoms with van der Waals surface area (Å²) in [5.41, 5.74) is 5.38. The van der Waals surface area contributed by atoms with E-state index in [1.54, 1.807) is 0 Å². The normalized spacial score (nSPS) is 17.8. The lowest BCUT2D eigenvalue weighted by atomic mass is 9.96. The molecule has 28 heavy (non-hydrogen) atoms. The predicted octanol–water partition coefficient (Wildman–Crippen LogP) is 1.62. The van der Waals surface area contributed by atoms with Gasteiger partial charge in [-0.05, 0) is 25.7 Å². The van der Waals surface area contributed by atoms with Gasteiger partial charge in [0.05, 0.1) is 26.4 Å². The molecular weight excluding hydrogens is 358 g/mol. The average molecular weight is 394 g/mol. The van der Waals surface area contributed by atoms with Gasteiger partial charge in [-0.1, -0.05) is 19.3 Å². The summed E-state index contributed by atoms with van der Waals surface area (Å²) in [6.45, 7) is 5.48. The summed E-state index contributed by atoms with van der Waals surface area (Å²) in [6.07, 6.45) is 8.65. The number of nitrogens with zero attached hydrogens (tertiary/aromatic N) is 4. The second-order valence-electron chi connectivity index (χ2n) is 7.40. The van der Waals surface area contributed by atoms with E-state index in [1.807, 2.05) is 0 Å². The van der Waals surface area contributed by atoms with Crippen molar-refractivity contribution in [3.05, 3.63) is 0 Å². The molecule has 2 aliphatic rings. The van der Waals surface area contributed by atoms with Crippen molar-refractivity contribution < 1.29 is 9.47 Å². The predicted molar refractivity (Wildman–Crippen MR) is 111 cm³/mol. The van der Waals surface area contributed by atoms with E-state index < -0.39 is 0 Å². The molecule has 2 heterocycles. The average Bonchev–Trinajstić information content (AvgIpc) is 3.26. The molecule has 0 atom stereocenters. The molecule has 158 valence electrons. The number of hydrogen-bond donors (Lipinski definition) is 3. The number of rotatable bonds is 12. The minimum absolute atomic E-state index is 0.465. The summed E-state index contributed by atoms with van der Waals surface area (Å²) in [6, 6.07) is 0.465. The summed E-state index contributed by atoms with van der Waals surface area (Å²) in [5, 5.41) is 6.80. The van der Waals surface area contributed by atoms with Crippen LogP contribution in [0.1, 0.15) is 44.9 Å². The Morgan fingerprint density at radius 3 is 2.32 bits per heavy atom. The molecule has 1 saturated carbocycles. The van der Waals surface area contributed by atoms with Crippen LogP contribution in [0.3, 0.4) is 0 Å². The fraction of sp³-hybridized carbons (Fsp3) is 0.842. The lowest BCUT2D eigenvalue weighted by Gasteiger charge is -2.24. The Labute approximate surface area is 167 Å². The Bertz CT molecular complexity index is 563. The van der Waals surface area contributed by atoms with Crippen LogP contribution in [-0.2, 0) is 9.47 Å². The van der Waals surface area contributed by atoms with E-state index in [-0.39, 0.29) is 0 Å². The second-order valence-corrected chi connectivity index (χ2v) is 7.40. The van der Waals surface area contributed by atoms with E-state index in [2.05, 4.69) is 25.5 Å². The Morgan fingerprint density at radius 2 is 1.57 bits per heavy atom. The zero-order valence-electron chi connectivity index (χ0n) is 16.9. The first-order valence-corrected chi connectivity index (χ1v) is 10.7. The number of nitrogens with two attached hydrogens (primary N) is 1. The van der Waals surface area contributed by atoms with Crippen molar-refractivity contribution >= 4 is 17.8 Å². The highest BCUT2D eigenvalue weighted by Gasteiger charge is 2.19. The van der Waals surface area contributed by atoms with Gasteiger partial charge in [0.1, 0.15) is 0 Å². The summed E-state index contributed by atoms with van der Waals surface area (Å²) >= 11 is 0. The Kier molecular flexibility index (Phi) is 8.99. The molecule has 0 bridgehead atoms. The fourth-order valence-electron chi connectivity index (χ4n) is 3.64. The van der Waals surface area contributed by atoms with E-state index in [1.165, 1.54) is 44.9 Å². The van der Waals surface area contributed by atoms with Gasteiger partial charge < -0.3 is 30.7 Å². The number of hydrogen-bond acceptors (Lipinski definition) is 9. The van der Waals surface area contributed by atoms with Gasteiger partial charge in [0.15, 0.2) is 0 Å². The van der Waals surface area contributed by atoms with E-state index in [9.17, 15) is 0 Å². The largest absolute Gasteiger partial charge is 0.378 e. The summed E-state index contributed by atoms with van der Waals surface area (Å²) in [5.74, 6) is 2.06. The molecule has 1 aliphatic heterocycles. The highest BCUT2D eigenvalue weighted by Crippen LogP contribution is 2.23. The van der Waals surface area contributed by atoms with Gasteiger partial charge in [-0.3, -0.25) is 0 Å². The molecule has 9 nitrogen and oxygen atoms in total. The topological polar surface area (TPSA) is 110 Å². The van der Waals surface area contributed by atoms with Gasteiger partial charge in [-0.15, -0.1) is 0 Å². The summed E-state index contributed by atoms with van der Waals surface area (Å²) < 4.78 is 10.8. The van der Waals surface area contributed by atoms with Crippen molar-refractivity contribution in [3.8, 4) is 0 Å². The van der Waals surface area contributed by atoms with Crippen LogP contribution in [0.4, 0.5) is 17.8 Å². The smallest absolute Gasteiger partial charge is 0.231 e. The zero-order valence-corrected chi connectivity index (χ0v) is 16.9. The lowest BCUT2D eigenvalue weighted by molar-refractivity contribution is 0.0547. The first-order valence-electron chi connectivity index (χ1n) is 10.7.